The van der Waals surface area contributed by atoms with Gasteiger partial charge in [-0.15, -0.1) is 11.8 Å². The number of urea groups is 1. The minimum Gasteiger partial charge on any atom is -0.463 e. The monoisotopic (exact) mass is 368 g/mol. The van der Waals surface area contributed by atoms with Crippen molar-refractivity contribution in [1.29, 1.82) is 0 Å². The fraction of sp³-hybridized carbons (Fsp3) is 0.200. The van der Waals surface area contributed by atoms with E-state index in [-0.39, 0.29) is 12.6 Å². The maximum absolute atomic E-state index is 12.7. The number of rotatable bonds is 5. The van der Waals surface area contributed by atoms with Crippen LogP contribution in [0.4, 0.5) is 4.79 Å². The lowest BCUT2D eigenvalue weighted by Gasteiger charge is -2.29. The number of ether oxygens (including phenoxy) is 1. The van der Waals surface area contributed by atoms with E-state index in [9.17, 15) is 9.59 Å². The number of hydrogen-bond donors (Lipinski definition) is 2. The molecule has 1 aliphatic heterocycles. The Labute approximate surface area is 156 Å². The molecule has 0 radical (unpaired) electrons. The van der Waals surface area contributed by atoms with Crippen molar-refractivity contribution in [2.45, 2.75) is 17.9 Å². The van der Waals surface area contributed by atoms with Crippen molar-refractivity contribution in [3.63, 3.8) is 0 Å². The van der Waals surface area contributed by atoms with Gasteiger partial charge in [0.2, 0.25) is 0 Å². The van der Waals surface area contributed by atoms with Gasteiger partial charge in [0.1, 0.15) is 0 Å². The van der Waals surface area contributed by atoms with E-state index in [1.807, 2.05) is 60.9 Å². The Kier molecular flexibility index (Phi) is 5.63. The van der Waals surface area contributed by atoms with E-state index >= 15 is 0 Å². The van der Waals surface area contributed by atoms with Crippen LogP contribution in [0.1, 0.15) is 24.1 Å². The predicted octanol–water partition coefficient (Wildman–Crippen LogP) is 3.74. The molecule has 0 saturated heterocycles. The van der Waals surface area contributed by atoms with Crippen molar-refractivity contribution in [2.75, 3.05) is 12.9 Å². The second-order valence-corrected chi connectivity index (χ2v) is 6.56. The van der Waals surface area contributed by atoms with Crippen LogP contribution >= 0.6 is 11.8 Å². The van der Waals surface area contributed by atoms with Crippen LogP contribution in [0.5, 0.6) is 0 Å². The van der Waals surface area contributed by atoms with Crippen LogP contribution in [0, 0.1) is 0 Å². The van der Waals surface area contributed by atoms with Crippen molar-refractivity contribution in [2.24, 2.45) is 0 Å². The zero-order valence-corrected chi connectivity index (χ0v) is 15.4. The molecule has 2 N–H and O–H groups in total. The van der Waals surface area contributed by atoms with Gasteiger partial charge in [-0.05, 0) is 36.4 Å². The summed E-state index contributed by atoms with van der Waals surface area (Å²) < 4.78 is 5.27. The number of amides is 2. The summed E-state index contributed by atoms with van der Waals surface area (Å²) in [6.07, 6.45) is 2.00. The van der Waals surface area contributed by atoms with Gasteiger partial charge >= 0.3 is 12.0 Å². The number of nitrogens with one attached hydrogen (secondary N) is 2. The molecule has 3 rings (SSSR count). The van der Waals surface area contributed by atoms with Crippen LogP contribution in [0.25, 0.3) is 5.70 Å². The molecule has 2 amide bonds. The summed E-state index contributed by atoms with van der Waals surface area (Å²) in [6, 6.07) is 16.2. The van der Waals surface area contributed by atoms with Crippen LogP contribution in [-0.4, -0.2) is 24.9 Å². The van der Waals surface area contributed by atoms with Gasteiger partial charge in [0, 0.05) is 4.90 Å². The summed E-state index contributed by atoms with van der Waals surface area (Å²) in [5, 5.41) is 5.61. The first-order chi connectivity index (χ1) is 12.6. The molecule has 1 atom stereocenters. The minimum absolute atomic E-state index is 0.260. The van der Waals surface area contributed by atoms with Crippen LogP contribution in [-0.2, 0) is 9.53 Å². The molecule has 134 valence electrons. The molecule has 0 aliphatic carbocycles. The third kappa shape index (κ3) is 3.75. The molecule has 0 saturated carbocycles. The van der Waals surface area contributed by atoms with Crippen molar-refractivity contribution in [3.8, 4) is 0 Å². The molecular weight excluding hydrogens is 348 g/mol. The van der Waals surface area contributed by atoms with Crippen LogP contribution in [0.2, 0.25) is 0 Å². The fourth-order valence-electron chi connectivity index (χ4n) is 2.87. The first kappa shape index (κ1) is 18.1. The number of esters is 1. The average molecular weight is 368 g/mol. The first-order valence-electron chi connectivity index (χ1n) is 8.32. The van der Waals surface area contributed by atoms with Gasteiger partial charge in [0.25, 0.3) is 0 Å². The number of carbonyl (C=O) groups is 2. The van der Waals surface area contributed by atoms with Crippen molar-refractivity contribution >= 4 is 29.5 Å². The number of hydrogen-bond acceptors (Lipinski definition) is 4. The van der Waals surface area contributed by atoms with E-state index in [4.69, 9.17) is 4.74 Å². The lowest BCUT2D eigenvalue weighted by atomic mass is 9.93. The summed E-state index contributed by atoms with van der Waals surface area (Å²) in [5.41, 5.74) is 2.46. The molecule has 26 heavy (non-hydrogen) atoms. The largest absolute Gasteiger partial charge is 0.463 e. The summed E-state index contributed by atoms with van der Waals surface area (Å²) >= 11 is 1.63. The van der Waals surface area contributed by atoms with Crippen LogP contribution in [0.3, 0.4) is 0 Å². The Bertz CT molecular complexity index is 832. The highest BCUT2D eigenvalue weighted by atomic mass is 32.2. The van der Waals surface area contributed by atoms with Gasteiger partial charge in [-0.2, -0.15) is 0 Å². The normalized spacial score (nSPS) is 16.7. The summed E-state index contributed by atoms with van der Waals surface area (Å²) in [5.74, 6) is -0.446. The Morgan fingerprint density at radius 2 is 1.81 bits per heavy atom. The maximum atomic E-state index is 12.7. The predicted molar refractivity (Wildman–Crippen MR) is 103 cm³/mol. The lowest BCUT2D eigenvalue weighted by molar-refractivity contribution is -0.138. The van der Waals surface area contributed by atoms with Gasteiger partial charge in [-0.25, -0.2) is 9.59 Å². The summed E-state index contributed by atoms with van der Waals surface area (Å²) in [6.45, 7) is 2.02. The minimum atomic E-state index is -0.575. The topological polar surface area (TPSA) is 67.4 Å². The quantitative estimate of drug-likeness (QED) is 0.623. The number of thioether (sulfide) groups is 1. The number of carbonyl (C=O) groups excluding carboxylic acids is 2. The van der Waals surface area contributed by atoms with E-state index in [2.05, 4.69) is 10.6 Å². The molecule has 0 spiro atoms. The van der Waals surface area contributed by atoms with E-state index in [1.165, 1.54) is 0 Å². The molecule has 2 aromatic carbocycles. The summed E-state index contributed by atoms with van der Waals surface area (Å²) in [7, 11) is 0. The first-order valence-corrected chi connectivity index (χ1v) is 9.54. The van der Waals surface area contributed by atoms with E-state index in [0.29, 0.717) is 11.3 Å². The van der Waals surface area contributed by atoms with Gasteiger partial charge in [-0.1, -0.05) is 42.5 Å². The van der Waals surface area contributed by atoms with Crippen molar-refractivity contribution in [3.05, 3.63) is 71.3 Å². The van der Waals surface area contributed by atoms with Crippen LogP contribution < -0.4 is 10.6 Å². The SMILES string of the molecule is CCOC(=O)C1=C(c2ccccc2)NC(=O)NC1c1ccc(SC)cc1. The second kappa shape index (κ2) is 8.10. The third-order valence-corrected chi connectivity index (χ3v) is 4.82. The molecule has 5 nitrogen and oxygen atoms in total. The van der Waals surface area contributed by atoms with Crippen LogP contribution in [0.15, 0.2) is 65.1 Å². The fourth-order valence-corrected chi connectivity index (χ4v) is 3.28. The number of benzene rings is 2. The maximum Gasteiger partial charge on any atom is 0.338 e. The lowest BCUT2D eigenvalue weighted by Crippen LogP contribution is -2.45. The Balaban J connectivity index is 2.13. The van der Waals surface area contributed by atoms with Crippen molar-refractivity contribution in [1.82, 2.24) is 10.6 Å². The third-order valence-electron chi connectivity index (χ3n) is 4.08. The van der Waals surface area contributed by atoms with Gasteiger partial charge in [0.15, 0.2) is 0 Å². The second-order valence-electron chi connectivity index (χ2n) is 5.68. The Hall–Kier alpha value is -2.73. The molecule has 1 aliphatic rings. The Morgan fingerprint density at radius 3 is 2.42 bits per heavy atom. The zero-order valence-electron chi connectivity index (χ0n) is 14.6. The molecule has 0 fully saturated rings. The summed E-state index contributed by atoms with van der Waals surface area (Å²) in [4.78, 5) is 26.1. The zero-order chi connectivity index (χ0) is 18.5. The highest BCUT2D eigenvalue weighted by molar-refractivity contribution is 7.98. The molecule has 1 unspecified atom stereocenters. The molecule has 0 bridgehead atoms. The van der Waals surface area contributed by atoms with E-state index in [1.54, 1.807) is 18.7 Å². The molecule has 2 aromatic rings. The van der Waals surface area contributed by atoms with Gasteiger partial charge < -0.3 is 15.4 Å². The van der Waals surface area contributed by atoms with Gasteiger partial charge in [0.05, 0.1) is 23.9 Å². The smallest absolute Gasteiger partial charge is 0.338 e. The standard InChI is InChI=1S/C20H20N2O3S/c1-3-25-19(23)16-17(13-7-5-4-6-8-13)21-20(24)22-18(16)14-9-11-15(26-2)12-10-14/h4-12,18H,3H2,1-2H3,(H2,21,22,24). The molecule has 1 heterocycles. The molecule has 0 aromatic heterocycles. The highest BCUT2D eigenvalue weighted by Gasteiger charge is 2.34. The van der Waals surface area contributed by atoms with E-state index < -0.39 is 12.0 Å². The Morgan fingerprint density at radius 1 is 1.12 bits per heavy atom. The highest BCUT2D eigenvalue weighted by Crippen LogP contribution is 2.32. The molecule has 6 heteroatoms. The van der Waals surface area contributed by atoms with Gasteiger partial charge in [-0.3, -0.25) is 0 Å². The average Bonchev–Trinajstić information content (AvgIpc) is 2.68. The van der Waals surface area contributed by atoms with Crippen molar-refractivity contribution < 1.29 is 14.3 Å². The molecular formula is C20H20N2O3S. The van der Waals surface area contributed by atoms with E-state index in [0.717, 1.165) is 16.0 Å².